The normalized spacial score (nSPS) is 11.9. The van der Waals surface area contributed by atoms with Crippen molar-refractivity contribution in [1.29, 1.82) is 0 Å². The third-order valence-electron chi connectivity index (χ3n) is 3.53. The lowest BCUT2D eigenvalue weighted by Gasteiger charge is -2.21. The fraction of sp³-hybridized carbons (Fsp3) is 0.235. The highest BCUT2D eigenvalue weighted by molar-refractivity contribution is 5.89. The number of hydrogen-bond acceptors (Lipinski definition) is 2. The third-order valence-corrected chi connectivity index (χ3v) is 3.53. The number of rotatable bonds is 1. The first-order valence-electron chi connectivity index (χ1n) is 6.81. The molecule has 0 spiro atoms. The molecule has 0 amide bonds. The zero-order valence-electron chi connectivity index (χ0n) is 12.1. The molecular formula is C17H19N3. The zero-order chi connectivity index (χ0) is 14.3. The minimum atomic E-state index is 0.0705. The number of hydrogen-bond donors (Lipinski definition) is 2. The van der Waals surface area contributed by atoms with Crippen molar-refractivity contribution in [2.75, 3.05) is 5.73 Å². The average molecular weight is 265 g/mol. The van der Waals surface area contributed by atoms with Crippen LogP contribution < -0.4 is 5.73 Å². The molecule has 0 aliphatic heterocycles. The summed E-state index contributed by atoms with van der Waals surface area (Å²) in [5, 5.41) is 0. The molecule has 0 saturated carbocycles. The smallest absolute Gasteiger partial charge is 0.138 e. The van der Waals surface area contributed by atoms with E-state index >= 15 is 0 Å². The molecule has 0 bridgehead atoms. The SMILES string of the molecule is CC(C)(C)c1ccccc1-c1nc2c(N)cccc2[nH]1. The van der Waals surface area contributed by atoms with Crippen LogP contribution >= 0.6 is 0 Å². The number of aromatic nitrogens is 2. The number of nitrogens with zero attached hydrogens (tertiary/aromatic N) is 1. The fourth-order valence-electron chi connectivity index (χ4n) is 2.53. The molecule has 1 aromatic heterocycles. The second-order valence-corrected chi connectivity index (χ2v) is 6.12. The number of nitrogen functional groups attached to an aromatic ring is 1. The lowest BCUT2D eigenvalue weighted by atomic mass is 9.83. The van der Waals surface area contributed by atoms with Gasteiger partial charge in [-0.2, -0.15) is 0 Å². The van der Waals surface area contributed by atoms with Crippen molar-refractivity contribution in [3.05, 3.63) is 48.0 Å². The Morgan fingerprint density at radius 3 is 2.45 bits per heavy atom. The molecule has 0 fully saturated rings. The monoisotopic (exact) mass is 265 g/mol. The number of aromatic amines is 1. The van der Waals surface area contributed by atoms with Crippen molar-refractivity contribution in [3.63, 3.8) is 0 Å². The summed E-state index contributed by atoms with van der Waals surface area (Å²) in [5.74, 6) is 0.878. The summed E-state index contributed by atoms with van der Waals surface area (Å²) in [6, 6.07) is 14.2. The number of nitrogens with one attached hydrogen (secondary N) is 1. The average Bonchev–Trinajstić information content (AvgIpc) is 2.83. The van der Waals surface area contributed by atoms with Crippen molar-refractivity contribution < 1.29 is 0 Å². The van der Waals surface area contributed by atoms with Gasteiger partial charge in [0.25, 0.3) is 0 Å². The van der Waals surface area contributed by atoms with Crippen molar-refractivity contribution in [3.8, 4) is 11.4 Å². The molecule has 0 atom stereocenters. The van der Waals surface area contributed by atoms with E-state index in [4.69, 9.17) is 5.73 Å². The molecule has 2 aromatic carbocycles. The van der Waals surface area contributed by atoms with Gasteiger partial charge in [0.2, 0.25) is 0 Å². The van der Waals surface area contributed by atoms with Gasteiger partial charge >= 0.3 is 0 Å². The molecule has 1 heterocycles. The van der Waals surface area contributed by atoms with Gasteiger partial charge in [-0.25, -0.2) is 4.98 Å². The number of imidazole rings is 1. The zero-order valence-corrected chi connectivity index (χ0v) is 12.1. The van der Waals surface area contributed by atoms with Gasteiger partial charge < -0.3 is 10.7 Å². The molecule has 3 N–H and O–H groups in total. The van der Waals surface area contributed by atoms with E-state index < -0.39 is 0 Å². The van der Waals surface area contributed by atoms with Crippen molar-refractivity contribution in [1.82, 2.24) is 9.97 Å². The summed E-state index contributed by atoms with van der Waals surface area (Å²) >= 11 is 0. The van der Waals surface area contributed by atoms with E-state index in [1.54, 1.807) is 0 Å². The lowest BCUT2D eigenvalue weighted by molar-refractivity contribution is 0.591. The third kappa shape index (κ3) is 2.05. The van der Waals surface area contributed by atoms with Crippen LogP contribution in [0, 0.1) is 0 Å². The minimum absolute atomic E-state index is 0.0705. The molecule has 3 heteroatoms. The highest BCUT2D eigenvalue weighted by atomic mass is 14.9. The van der Waals surface area contributed by atoms with Gasteiger partial charge in [0.15, 0.2) is 0 Å². The van der Waals surface area contributed by atoms with Gasteiger partial charge in [0.1, 0.15) is 11.3 Å². The van der Waals surface area contributed by atoms with Gasteiger partial charge in [-0.15, -0.1) is 0 Å². The summed E-state index contributed by atoms with van der Waals surface area (Å²) in [4.78, 5) is 8.05. The largest absolute Gasteiger partial charge is 0.397 e. The van der Waals surface area contributed by atoms with Crippen LogP contribution in [0.25, 0.3) is 22.4 Å². The summed E-state index contributed by atoms with van der Waals surface area (Å²) in [7, 11) is 0. The topological polar surface area (TPSA) is 54.7 Å². The van der Waals surface area contributed by atoms with Gasteiger partial charge in [-0.05, 0) is 23.1 Å². The maximum absolute atomic E-state index is 5.99. The number of nitrogens with two attached hydrogens (primary N) is 1. The molecule has 0 radical (unpaired) electrons. The maximum atomic E-state index is 5.99. The second kappa shape index (κ2) is 4.37. The first-order chi connectivity index (χ1) is 9.47. The summed E-state index contributed by atoms with van der Waals surface area (Å²) in [5.41, 5.74) is 11.0. The van der Waals surface area contributed by atoms with Crippen LogP contribution in [-0.4, -0.2) is 9.97 Å². The Morgan fingerprint density at radius 1 is 1.00 bits per heavy atom. The number of benzene rings is 2. The van der Waals surface area contributed by atoms with Crippen LogP contribution in [0.1, 0.15) is 26.3 Å². The number of fused-ring (bicyclic) bond motifs is 1. The maximum Gasteiger partial charge on any atom is 0.138 e. The van der Waals surface area contributed by atoms with E-state index in [1.165, 1.54) is 5.56 Å². The quantitative estimate of drug-likeness (QED) is 0.650. The predicted octanol–water partition coefficient (Wildman–Crippen LogP) is 4.11. The summed E-state index contributed by atoms with van der Waals surface area (Å²) in [6.07, 6.45) is 0. The Balaban J connectivity index is 2.24. The molecule has 0 unspecified atom stereocenters. The first-order valence-corrected chi connectivity index (χ1v) is 6.81. The van der Waals surface area contributed by atoms with E-state index in [2.05, 4.69) is 48.9 Å². The van der Waals surface area contributed by atoms with E-state index in [0.29, 0.717) is 5.69 Å². The molecular weight excluding hydrogens is 246 g/mol. The van der Waals surface area contributed by atoms with Crippen LogP contribution in [-0.2, 0) is 5.41 Å². The van der Waals surface area contributed by atoms with Crippen molar-refractivity contribution in [2.24, 2.45) is 0 Å². The first kappa shape index (κ1) is 12.7. The Labute approximate surface area is 118 Å². The number of anilines is 1. The minimum Gasteiger partial charge on any atom is -0.397 e. The summed E-state index contributed by atoms with van der Waals surface area (Å²) < 4.78 is 0. The van der Waals surface area contributed by atoms with E-state index in [1.807, 2.05) is 24.3 Å². The lowest BCUT2D eigenvalue weighted by Crippen LogP contribution is -2.12. The highest BCUT2D eigenvalue weighted by Crippen LogP contribution is 2.33. The Morgan fingerprint density at radius 2 is 1.75 bits per heavy atom. The molecule has 3 nitrogen and oxygen atoms in total. The fourth-order valence-corrected chi connectivity index (χ4v) is 2.53. The molecule has 0 aliphatic rings. The highest BCUT2D eigenvalue weighted by Gasteiger charge is 2.20. The number of H-pyrrole nitrogens is 1. The Bertz CT molecular complexity index is 763. The van der Waals surface area contributed by atoms with Gasteiger partial charge in [0.05, 0.1) is 11.2 Å². The Kier molecular flexibility index (Phi) is 2.78. The predicted molar refractivity (Wildman–Crippen MR) is 84.6 cm³/mol. The van der Waals surface area contributed by atoms with E-state index in [0.717, 1.165) is 22.4 Å². The van der Waals surface area contributed by atoms with Crippen LogP contribution in [0.3, 0.4) is 0 Å². The molecule has 3 rings (SSSR count). The number of para-hydroxylation sites is 1. The molecule has 20 heavy (non-hydrogen) atoms. The molecule has 102 valence electrons. The molecule has 3 aromatic rings. The second-order valence-electron chi connectivity index (χ2n) is 6.12. The van der Waals surface area contributed by atoms with Crippen LogP contribution in [0.5, 0.6) is 0 Å². The standard InChI is InChI=1S/C17H19N3/c1-17(2,3)12-8-5-4-7-11(12)16-19-14-10-6-9-13(18)15(14)20-16/h4-10H,18H2,1-3H3,(H,19,20). The van der Waals surface area contributed by atoms with Crippen molar-refractivity contribution >= 4 is 16.7 Å². The van der Waals surface area contributed by atoms with Crippen molar-refractivity contribution in [2.45, 2.75) is 26.2 Å². The van der Waals surface area contributed by atoms with Crippen LogP contribution in [0.4, 0.5) is 5.69 Å². The van der Waals surface area contributed by atoms with Gasteiger partial charge in [-0.1, -0.05) is 51.1 Å². The molecule has 0 saturated heterocycles. The molecule has 0 aliphatic carbocycles. The Hall–Kier alpha value is -2.29. The van der Waals surface area contributed by atoms with Crippen LogP contribution in [0.15, 0.2) is 42.5 Å². The van der Waals surface area contributed by atoms with E-state index in [-0.39, 0.29) is 5.41 Å². The van der Waals surface area contributed by atoms with Crippen LogP contribution in [0.2, 0.25) is 0 Å². The van der Waals surface area contributed by atoms with E-state index in [9.17, 15) is 0 Å². The van der Waals surface area contributed by atoms with Gasteiger partial charge in [-0.3, -0.25) is 0 Å². The van der Waals surface area contributed by atoms with Gasteiger partial charge in [0, 0.05) is 5.56 Å². The summed E-state index contributed by atoms with van der Waals surface area (Å²) in [6.45, 7) is 6.63.